The molecule has 0 aliphatic carbocycles. The number of nitrogens with one attached hydrogen (secondary N) is 1. The molecule has 0 radical (unpaired) electrons. The molecule has 0 spiro atoms. The lowest BCUT2D eigenvalue weighted by molar-refractivity contribution is -0.139. The second-order valence-corrected chi connectivity index (χ2v) is 7.14. The average Bonchev–Trinajstić information content (AvgIpc) is 2.58. The van der Waals surface area contributed by atoms with Crippen LogP contribution >= 0.6 is 0 Å². The third-order valence-corrected chi connectivity index (χ3v) is 4.14. The van der Waals surface area contributed by atoms with E-state index in [9.17, 15) is 9.59 Å². The fourth-order valence-corrected chi connectivity index (χ4v) is 3.05. The first-order chi connectivity index (χ1) is 12.6. The number of hydrogen-bond acceptors (Lipinski definition) is 4. The average molecular weight is 373 g/mol. The minimum atomic E-state index is -0.591. The van der Waals surface area contributed by atoms with Gasteiger partial charge in [-0.25, -0.2) is 9.59 Å². The van der Waals surface area contributed by atoms with Gasteiger partial charge in [0.25, 0.3) is 0 Å². The van der Waals surface area contributed by atoms with Crippen molar-refractivity contribution >= 4 is 23.3 Å². The van der Waals surface area contributed by atoms with Crippen LogP contribution in [0.2, 0.25) is 0 Å². The van der Waals surface area contributed by atoms with Crippen molar-refractivity contribution in [3.05, 3.63) is 47.6 Å². The maximum atomic E-state index is 11.8. The largest absolute Gasteiger partial charge is 0.459 e. The normalized spacial score (nSPS) is 10.5. The molecule has 1 amide bonds. The highest BCUT2D eigenvalue weighted by molar-refractivity contribution is 5.87. The van der Waals surface area contributed by atoms with Gasteiger partial charge in [-0.15, -0.1) is 0 Å². The van der Waals surface area contributed by atoms with Crippen molar-refractivity contribution in [1.29, 1.82) is 0 Å². The Kier molecular flexibility index (Phi) is 8.79. The van der Waals surface area contributed by atoms with Gasteiger partial charge in [0.05, 0.1) is 0 Å². The van der Waals surface area contributed by atoms with Gasteiger partial charge < -0.3 is 9.47 Å². The predicted molar refractivity (Wildman–Crippen MR) is 109 cm³/mol. The molecule has 27 heavy (non-hydrogen) atoms. The molecule has 5 nitrogen and oxygen atoms in total. The van der Waals surface area contributed by atoms with Gasteiger partial charge in [-0.3, -0.25) is 5.32 Å². The molecule has 0 saturated carbocycles. The van der Waals surface area contributed by atoms with Gasteiger partial charge in [0, 0.05) is 11.3 Å². The zero-order valence-corrected chi connectivity index (χ0v) is 17.2. The second kappa shape index (κ2) is 10.6. The van der Waals surface area contributed by atoms with Crippen LogP contribution in [0.1, 0.15) is 47.1 Å². The molecule has 1 aromatic carbocycles. The summed E-state index contributed by atoms with van der Waals surface area (Å²) in [6, 6.07) is 7.67. The van der Waals surface area contributed by atoms with E-state index in [0.29, 0.717) is 23.1 Å². The van der Waals surface area contributed by atoms with Gasteiger partial charge in [-0.1, -0.05) is 52.0 Å². The number of amides is 1. The van der Waals surface area contributed by atoms with Crippen LogP contribution in [0, 0.1) is 11.8 Å². The van der Waals surface area contributed by atoms with Crippen LogP contribution in [-0.4, -0.2) is 25.3 Å². The molecule has 0 bridgehead atoms. The van der Waals surface area contributed by atoms with Crippen LogP contribution in [0.15, 0.2) is 42.0 Å². The van der Waals surface area contributed by atoms with E-state index in [4.69, 9.17) is 9.47 Å². The highest BCUT2D eigenvalue weighted by Gasteiger charge is 2.13. The number of esters is 1. The zero-order valence-electron chi connectivity index (χ0n) is 17.2. The summed E-state index contributed by atoms with van der Waals surface area (Å²) >= 11 is 0. The number of benzene rings is 1. The zero-order chi connectivity index (χ0) is 20.6. The first-order valence-corrected chi connectivity index (χ1v) is 9.21. The number of hydrogen-bond donors (Lipinski definition) is 1. The molecular weight excluding hydrogens is 342 g/mol. The fraction of sp³-hybridized carbons (Fsp3) is 0.455. The van der Waals surface area contributed by atoms with Crippen molar-refractivity contribution in [2.45, 2.75) is 41.5 Å². The molecule has 0 aliphatic heterocycles. The van der Waals surface area contributed by atoms with E-state index in [2.05, 4.69) is 46.5 Å². The highest BCUT2D eigenvalue weighted by Crippen LogP contribution is 2.29. The monoisotopic (exact) mass is 373 g/mol. The second-order valence-electron chi connectivity index (χ2n) is 7.14. The van der Waals surface area contributed by atoms with Crippen LogP contribution in [0.4, 0.5) is 10.5 Å². The SMILES string of the molecule is C=C(C)C(=O)OCCOC(=O)Nc1ccc(C(C)=C(C(C)C)C(C)C)cc1. The quantitative estimate of drug-likeness (QED) is 0.374. The first-order valence-electron chi connectivity index (χ1n) is 9.21. The van der Waals surface area contributed by atoms with Crippen molar-refractivity contribution in [1.82, 2.24) is 0 Å². The third kappa shape index (κ3) is 7.29. The molecule has 0 atom stereocenters. The minimum absolute atomic E-state index is 0.00474. The molecular formula is C22H31NO4. The Labute approximate surface area is 162 Å². The molecule has 0 aromatic heterocycles. The van der Waals surface area contributed by atoms with Crippen LogP contribution in [-0.2, 0) is 14.3 Å². The summed E-state index contributed by atoms with van der Waals surface area (Å²) in [6.45, 7) is 16.0. The molecule has 1 rings (SSSR count). The molecule has 0 saturated heterocycles. The number of anilines is 1. The van der Waals surface area contributed by atoms with E-state index < -0.39 is 12.1 Å². The van der Waals surface area contributed by atoms with Gasteiger partial charge in [-0.05, 0) is 49.0 Å². The Bertz CT molecular complexity index is 690. The molecule has 1 aromatic rings. The van der Waals surface area contributed by atoms with Crippen molar-refractivity contribution in [3.8, 4) is 0 Å². The molecule has 148 valence electrons. The summed E-state index contributed by atoms with van der Waals surface area (Å²) in [5.74, 6) is 0.466. The minimum Gasteiger partial charge on any atom is -0.459 e. The van der Waals surface area contributed by atoms with Crippen LogP contribution in [0.25, 0.3) is 5.57 Å². The molecule has 0 unspecified atom stereocenters. The lowest BCUT2D eigenvalue weighted by Gasteiger charge is -2.20. The van der Waals surface area contributed by atoms with Crippen molar-refractivity contribution in [2.75, 3.05) is 18.5 Å². The van der Waals surface area contributed by atoms with Gasteiger partial charge in [0.15, 0.2) is 0 Å². The number of carbonyl (C=O) groups excluding carboxylic acids is 2. The summed E-state index contributed by atoms with van der Waals surface area (Å²) in [4.78, 5) is 23.0. The summed E-state index contributed by atoms with van der Waals surface area (Å²) in [7, 11) is 0. The summed E-state index contributed by atoms with van der Waals surface area (Å²) in [5, 5.41) is 2.66. The molecule has 1 N–H and O–H groups in total. The van der Waals surface area contributed by atoms with Crippen molar-refractivity contribution in [2.24, 2.45) is 11.8 Å². The van der Waals surface area contributed by atoms with Gasteiger partial charge in [-0.2, -0.15) is 0 Å². The molecule has 0 heterocycles. The molecule has 0 aliphatic rings. The predicted octanol–water partition coefficient (Wildman–Crippen LogP) is 5.44. The lowest BCUT2D eigenvalue weighted by Crippen LogP contribution is -2.18. The third-order valence-electron chi connectivity index (χ3n) is 4.14. The summed E-state index contributed by atoms with van der Waals surface area (Å²) in [5.41, 5.74) is 4.79. The number of rotatable bonds is 8. The van der Waals surface area contributed by atoms with E-state index in [1.165, 1.54) is 11.1 Å². The topological polar surface area (TPSA) is 64.6 Å². The summed E-state index contributed by atoms with van der Waals surface area (Å²) < 4.78 is 9.85. The molecule has 0 fully saturated rings. The Hall–Kier alpha value is -2.56. The highest BCUT2D eigenvalue weighted by atomic mass is 16.6. The van der Waals surface area contributed by atoms with E-state index in [-0.39, 0.29) is 13.2 Å². The molecule has 5 heteroatoms. The Morgan fingerprint density at radius 3 is 1.96 bits per heavy atom. The fourth-order valence-electron chi connectivity index (χ4n) is 3.05. The standard InChI is InChI=1S/C22H31NO4/c1-14(2)20(15(3)4)17(7)18-8-10-19(11-9-18)23-22(25)27-13-12-26-21(24)16(5)6/h8-11,14-15H,5,12-13H2,1-4,6-7H3,(H,23,25). The lowest BCUT2D eigenvalue weighted by atomic mass is 9.86. The van der Waals surface area contributed by atoms with Crippen LogP contribution in [0.5, 0.6) is 0 Å². The Morgan fingerprint density at radius 2 is 1.48 bits per heavy atom. The van der Waals surface area contributed by atoms with E-state index in [0.717, 1.165) is 5.56 Å². The Morgan fingerprint density at radius 1 is 0.963 bits per heavy atom. The summed E-state index contributed by atoms with van der Waals surface area (Å²) in [6.07, 6.45) is -0.591. The van der Waals surface area contributed by atoms with Crippen LogP contribution in [0.3, 0.4) is 0 Å². The van der Waals surface area contributed by atoms with E-state index >= 15 is 0 Å². The van der Waals surface area contributed by atoms with Crippen molar-refractivity contribution < 1.29 is 19.1 Å². The maximum absolute atomic E-state index is 11.8. The van der Waals surface area contributed by atoms with Gasteiger partial charge in [0.1, 0.15) is 13.2 Å². The van der Waals surface area contributed by atoms with Gasteiger partial charge in [0.2, 0.25) is 0 Å². The first kappa shape index (κ1) is 22.5. The van der Waals surface area contributed by atoms with E-state index in [1.807, 2.05) is 24.3 Å². The van der Waals surface area contributed by atoms with E-state index in [1.54, 1.807) is 6.92 Å². The number of ether oxygens (including phenoxy) is 2. The smallest absolute Gasteiger partial charge is 0.411 e. The number of carbonyl (C=O) groups is 2. The number of allylic oxidation sites excluding steroid dienone is 2. The van der Waals surface area contributed by atoms with Crippen LogP contribution < -0.4 is 5.32 Å². The maximum Gasteiger partial charge on any atom is 0.411 e. The van der Waals surface area contributed by atoms with Gasteiger partial charge >= 0.3 is 12.1 Å². The Balaban J connectivity index is 2.62. The van der Waals surface area contributed by atoms with Crippen molar-refractivity contribution in [3.63, 3.8) is 0 Å².